The van der Waals surface area contributed by atoms with E-state index in [0.717, 1.165) is 29.7 Å². The Hall–Kier alpha value is -1.55. The summed E-state index contributed by atoms with van der Waals surface area (Å²) >= 11 is 6.18. The SMILES string of the molecule is CC(CCc1cc2c(cc1Cl)NC(=O)C2)CC(=O)O. The Morgan fingerprint density at radius 3 is 2.95 bits per heavy atom. The van der Waals surface area contributed by atoms with Gasteiger partial charge in [-0.2, -0.15) is 0 Å². The first-order chi connectivity index (χ1) is 8.95. The van der Waals surface area contributed by atoms with Crippen LogP contribution in [0.25, 0.3) is 0 Å². The van der Waals surface area contributed by atoms with Gasteiger partial charge in [-0.3, -0.25) is 9.59 Å². The van der Waals surface area contributed by atoms with E-state index in [1.165, 1.54) is 0 Å². The van der Waals surface area contributed by atoms with Crippen LogP contribution >= 0.6 is 11.6 Å². The zero-order valence-corrected chi connectivity index (χ0v) is 11.5. The van der Waals surface area contributed by atoms with Gasteiger partial charge in [0.15, 0.2) is 0 Å². The molecule has 1 heterocycles. The van der Waals surface area contributed by atoms with Gasteiger partial charge in [-0.15, -0.1) is 0 Å². The van der Waals surface area contributed by atoms with E-state index in [1.807, 2.05) is 13.0 Å². The summed E-state index contributed by atoms with van der Waals surface area (Å²) in [5.74, 6) is -0.675. The summed E-state index contributed by atoms with van der Waals surface area (Å²) in [5, 5.41) is 12.1. The van der Waals surface area contributed by atoms with Crippen LogP contribution in [0, 0.1) is 5.92 Å². The molecule has 0 spiro atoms. The van der Waals surface area contributed by atoms with Crippen molar-refractivity contribution in [1.29, 1.82) is 0 Å². The highest BCUT2D eigenvalue weighted by Crippen LogP contribution is 2.31. The van der Waals surface area contributed by atoms with Crippen LogP contribution in [0.5, 0.6) is 0 Å². The molecule has 0 radical (unpaired) electrons. The van der Waals surface area contributed by atoms with Crippen LogP contribution in [0.1, 0.15) is 30.9 Å². The van der Waals surface area contributed by atoms with E-state index >= 15 is 0 Å². The average Bonchev–Trinajstić information content (AvgIpc) is 2.64. The number of carbonyl (C=O) groups is 2. The molecule has 0 aromatic heterocycles. The highest BCUT2D eigenvalue weighted by molar-refractivity contribution is 6.31. The fraction of sp³-hybridized carbons (Fsp3) is 0.429. The molecule has 102 valence electrons. The summed E-state index contributed by atoms with van der Waals surface area (Å²) in [7, 11) is 0. The number of aryl methyl sites for hydroxylation is 1. The fourth-order valence-corrected chi connectivity index (χ4v) is 2.55. The molecule has 0 aliphatic carbocycles. The molecule has 0 saturated heterocycles. The molecule has 1 aromatic carbocycles. The minimum Gasteiger partial charge on any atom is -0.481 e. The van der Waals surface area contributed by atoms with Gasteiger partial charge in [-0.05, 0) is 36.0 Å². The van der Waals surface area contributed by atoms with Crippen LogP contribution in [0.3, 0.4) is 0 Å². The van der Waals surface area contributed by atoms with Crippen molar-refractivity contribution in [2.75, 3.05) is 5.32 Å². The monoisotopic (exact) mass is 281 g/mol. The number of anilines is 1. The zero-order chi connectivity index (χ0) is 14.0. The number of hydrogen-bond acceptors (Lipinski definition) is 2. The van der Waals surface area contributed by atoms with Crippen LogP contribution in [0.4, 0.5) is 5.69 Å². The number of hydrogen-bond donors (Lipinski definition) is 2. The van der Waals surface area contributed by atoms with Crippen LogP contribution in [-0.2, 0) is 22.4 Å². The molecule has 5 heteroatoms. The Labute approximate surface area is 116 Å². The summed E-state index contributed by atoms with van der Waals surface area (Å²) in [6.07, 6.45) is 2.06. The molecular weight excluding hydrogens is 266 g/mol. The molecule has 4 nitrogen and oxygen atoms in total. The molecule has 1 aromatic rings. The van der Waals surface area contributed by atoms with Crippen molar-refractivity contribution in [2.45, 2.75) is 32.6 Å². The molecule has 1 aliphatic heterocycles. The van der Waals surface area contributed by atoms with Gasteiger partial charge in [0.05, 0.1) is 6.42 Å². The maximum Gasteiger partial charge on any atom is 0.303 e. The van der Waals surface area contributed by atoms with Gasteiger partial charge >= 0.3 is 5.97 Å². The van der Waals surface area contributed by atoms with E-state index in [9.17, 15) is 9.59 Å². The maximum absolute atomic E-state index is 11.3. The van der Waals surface area contributed by atoms with Gasteiger partial charge in [0, 0.05) is 17.1 Å². The van der Waals surface area contributed by atoms with Gasteiger partial charge in [0.25, 0.3) is 0 Å². The van der Waals surface area contributed by atoms with E-state index in [-0.39, 0.29) is 18.2 Å². The Bertz CT molecular complexity index is 528. The smallest absolute Gasteiger partial charge is 0.303 e. The minimum absolute atomic E-state index is 0.0116. The molecule has 1 atom stereocenters. The number of carbonyl (C=O) groups excluding carboxylic acids is 1. The van der Waals surface area contributed by atoms with Crippen molar-refractivity contribution in [1.82, 2.24) is 0 Å². The Morgan fingerprint density at radius 2 is 2.26 bits per heavy atom. The normalized spacial score (nSPS) is 14.9. The third-order valence-corrected chi connectivity index (χ3v) is 3.68. The lowest BCUT2D eigenvalue weighted by atomic mass is 9.97. The van der Waals surface area contributed by atoms with Crippen LogP contribution in [0.15, 0.2) is 12.1 Å². The lowest BCUT2D eigenvalue weighted by Gasteiger charge is -2.11. The van der Waals surface area contributed by atoms with E-state index in [0.29, 0.717) is 11.4 Å². The van der Waals surface area contributed by atoms with E-state index in [4.69, 9.17) is 16.7 Å². The van der Waals surface area contributed by atoms with Crippen molar-refractivity contribution < 1.29 is 14.7 Å². The molecule has 1 aliphatic rings. The number of carboxylic acids is 1. The lowest BCUT2D eigenvalue weighted by molar-refractivity contribution is -0.138. The first kappa shape index (κ1) is 13.9. The summed E-state index contributed by atoms with van der Waals surface area (Å²) in [4.78, 5) is 21.9. The van der Waals surface area contributed by atoms with E-state index in [2.05, 4.69) is 5.32 Å². The highest BCUT2D eigenvalue weighted by atomic mass is 35.5. The minimum atomic E-state index is -0.776. The number of amides is 1. The van der Waals surface area contributed by atoms with Crippen molar-refractivity contribution in [2.24, 2.45) is 5.92 Å². The first-order valence-corrected chi connectivity index (χ1v) is 6.66. The van der Waals surface area contributed by atoms with Crippen molar-refractivity contribution in [3.05, 3.63) is 28.3 Å². The molecule has 0 fully saturated rings. The predicted molar refractivity (Wildman–Crippen MR) is 73.5 cm³/mol. The largest absolute Gasteiger partial charge is 0.481 e. The number of carboxylic acid groups (broad SMARTS) is 1. The second-order valence-electron chi connectivity index (χ2n) is 5.07. The zero-order valence-electron chi connectivity index (χ0n) is 10.7. The topological polar surface area (TPSA) is 66.4 Å². The van der Waals surface area contributed by atoms with Gasteiger partial charge in [-0.25, -0.2) is 0 Å². The maximum atomic E-state index is 11.3. The quantitative estimate of drug-likeness (QED) is 0.872. The number of rotatable bonds is 5. The van der Waals surface area contributed by atoms with Crippen LogP contribution in [0.2, 0.25) is 5.02 Å². The molecule has 1 amide bonds. The third-order valence-electron chi connectivity index (χ3n) is 3.33. The average molecular weight is 282 g/mol. The highest BCUT2D eigenvalue weighted by Gasteiger charge is 2.19. The first-order valence-electron chi connectivity index (χ1n) is 6.28. The van der Waals surface area contributed by atoms with Crippen molar-refractivity contribution >= 4 is 29.2 Å². The standard InChI is InChI=1S/C14H16ClNO3/c1-8(4-14(18)19)2-3-9-5-10-6-13(17)16-12(10)7-11(9)15/h5,7-8H,2-4,6H2,1H3,(H,16,17)(H,18,19). The van der Waals surface area contributed by atoms with Crippen molar-refractivity contribution in [3.8, 4) is 0 Å². The Morgan fingerprint density at radius 1 is 1.53 bits per heavy atom. The molecule has 0 bridgehead atoms. The van der Waals surface area contributed by atoms with Gasteiger partial charge < -0.3 is 10.4 Å². The van der Waals surface area contributed by atoms with E-state index in [1.54, 1.807) is 6.07 Å². The number of halogens is 1. The number of aliphatic carboxylic acids is 1. The summed E-state index contributed by atoms with van der Waals surface area (Å²) in [6, 6.07) is 3.72. The van der Waals surface area contributed by atoms with Crippen LogP contribution in [-0.4, -0.2) is 17.0 Å². The second kappa shape index (κ2) is 5.61. The molecular formula is C14H16ClNO3. The fourth-order valence-electron chi connectivity index (χ4n) is 2.29. The molecule has 19 heavy (non-hydrogen) atoms. The van der Waals surface area contributed by atoms with Crippen LogP contribution < -0.4 is 5.32 Å². The van der Waals surface area contributed by atoms with Crippen molar-refractivity contribution in [3.63, 3.8) is 0 Å². The Balaban J connectivity index is 2.03. The van der Waals surface area contributed by atoms with Gasteiger partial charge in [-0.1, -0.05) is 24.6 Å². The predicted octanol–water partition coefficient (Wildman–Crippen LogP) is 2.88. The third kappa shape index (κ3) is 3.47. The molecule has 1 unspecified atom stereocenters. The van der Waals surface area contributed by atoms with Gasteiger partial charge in [0.1, 0.15) is 0 Å². The second-order valence-corrected chi connectivity index (χ2v) is 5.47. The number of nitrogens with one attached hydrogen (secondary N) is 1. The summed E-state index contributed by atoms with van der Waals surface area (Å²) in [6.45, 7) is 1.92. The molecule has 2 N–H and O–H groups in total. The van der Waals surface area contributed by atoms with Gasteiger partial charge in [0.2, 0.25) is 5.91 Å². The lowest BCUT2D eigenvalue weighted by Crippen LogP contribution is -2.05. The summed E-state index contributed by atoms with van der Waals surface area (Å²) < 4.78 is 0. The molecule has 0 saturated carbocycles. The van der Waals surface area contributed by atoms with E-state index < -0.39 is 5.97 Å². The summed E-state index contributed by atoms with van der Waals surface area (Å²) in [5.41, 5.74) is 2.74. The molecule has 2 rings (SSSR count). The Kier molecular flexibility index (Phi) is 4.10. The number of benzene rings is 1. The number of fused-ring (bicyclic) bond motifs is 1.